The van der Waals surface area contributed by atoms with Crippen LogP contribution in [0.3, 0.4) is 0 Å². The minimum atomic E-state index is -0.496. The maximum absolute atomic E-state index is 11.6. The fourth-order valence-electron chi connectivity index (χ4n) is 1.79. The fourth-order valence-corrected chi connectivity index (χ4v) is 1.79. The number of hydrogen-bond acceptors (Lipinski definition) is 8. The zero-order chi connectivity index (χ0) is 15.9. The van der Waals surface area contributed by atoms with Gasteiger partial charge in [-0.25, -0.2) is 9.78 Å². The predicted molar refractivity (Wildman–Crippen MR) is 75.7 cm³/mol. The Balaban J connectivity index is 1.88. The monoisotopic (exact) mass is 307 g/mol. The van der Waals surface area contributed by atoms with Crippen LogP contribution in [0, 0.1) is 0 Å². The van der Waals surface area contributed by atoms with Crippen molar-refractivity contribution in [2.45, 2.75) is 32.9 Å². The molecule has 0 fully saturated rings. The molecule has 0 bridgehead atoms. The van der Waals surface area contributed by atoms with Gasteiger partial charge in [0, 0.05) is 13.0 Å². The summed E-state index contributed by atoms with van der Waals surface area (Å²) in [6, 6.07) is 0. The van der Waals surface area contributed by atoms with Gasteiger partial charge in [-0.1, -0.05) is 5.21 Å². The lowest BCUT2D eigenvalue weighted by molar-refractivity contribution is -0.143. The molecule has 0 aromatic carbocycles. The number of nitrogens with zero attached hydrogens (tertiary/aromatic N) is 6. The Labute approximate surface area is 125 Å². The smallest absolute Gasteiger partial charge is 0.352 e. The molecule has 0 aliphatic rings. The van der Waals surface area contributed by atoms with Crippen molar-refractivity contribution in [3.05, 3.63) is 28.7 Å². The van der Waals surface area contributed by atoms with Crippen LogP contribution in [0.4, 0.5) is 5.95 Å². The van der Waals surface area contributed by atoms with Crippen molar-refractivity contribution in [1.29, 1.82) is 0 Å². The Kier molecular flexibility index (Phi) is 5.17. The lowest BCUT2D eigenvalue weighted by Crippen LogP contribution is -2.25. The van der Waals surface area contributed by atoms with Crippen LogP contribution in [-0.2, 0) is 22.6 Å². The number of esters is 1. The largest absolute Gasteiger partial charge is 0.466 e. The van der Waals surface area contributed by atoms with Crippen LogP contribution in [0.5, 0.6) is 0 Å². The van der Waals surface area contributed by atoms with Crippen molar-refractivity contribution >= 4 is 11.9 Å². The SMILES string of the molecule is CCOC(=O)CCCn1cc(Cn2cnc(N)nc2=O)nn1. The Bertz CT molecular complexity index is 694. The number of aryl methyl sites for hydroxylation is 1. The molecule has 0 aliphatic carbocycles. The first-order chi connectivity index (χ1) is 10.6. The average molecular weight is 307 g/mol. The van der Waals surface area contributed by atoms with Crippen molar-refractivity contribution in [2.24, 2.45) is 0 Å². The second-order valence-corrected chi connectivity index (χ2v) is 4.51. The number of anilines is 1. The summed E-state index contributed by atoms with van der Waals surface area (Å²) in [5, 5.41) is 7.90. The molecule has 10 heteroatoms. The van der Waals surface area contributed by atoms with E-state index in [4.69, 9.17) is 10.5 Å². The highest BCUT2D eigenvalue weighted by atomic mass is 16.5. The molecular formula is C12H17N7O3. The van der Waals surface area contributed by atoms with Crippen LogP contribution < -0.4 is 11.4 Å². The van der Waals surface area contributed by atoms with Crippen LogP contribution >= 0.6 is 0 Å². The summed E-state index contributed by atoms with van der Waals surface area (Å²) < 4.78 is 7.73. The Morgan fingerprint density at radius 1 is 1.45 bits per heavy atom. The predicted octanol–water partition coefficient (Wildman–Crippen LogP) is -0.796. The lowest BCUT2D eigenvalue weighted by Gasteiger charge is -2.02. The first-order valence-electron chi connectivity index (χ1n) is 6.82. The van der Waals surface area contributed by atoms with Crippen molar-refractivity contribution in [3.8, 4) is 0 Å². The number of carbonyl (C=O) groups is 1. The first kappa shape index (κ1) is 15.6. The third-order valence-corrected chi connectivity index (χ3v) is 2.78. The zero-order valence-electron chi connectivity index (χ0n) is 12.2. The number of nitrogen functional groups attached to an aromatic ring is 1. The second kappa shape index (κ2) is 7.29. The van der Waals surface area contributed by atoms with Crippen molar-refractivity contribution < 1.29 is 9.53 Å². The van der Waals surface area contributed by atoms with Gasteiger partial charge in [-0.05, 0) is 13.3 Å². The lowest BCUT2D eigenvalue weighted by atomic mass is 10.3. The van der Waals surface area contributed by atoms with Gasteiger partial charge in [0.1, 0.15) is 12.0 Å². The van der Waals surface area contributed by atoms with Gasteiger partial charge < -0.3 is 10.5 Å². The third-order valence-electron chi connectivity index (χ3n) is 2.78. The van der Waals surface area contributed by atoms with Gasteiger partial charge in [0.15, 0.2) is 0 Å². The van der Waals surface area contributed by atoms with Crippen molar-refractivity contribution in [1.82, 2.24) is 29.5 Å². The van der Waals surface area contributed by atoms with E-state index in [0.717, 1.165) is 0 Å². The molecule has 118 valence electrons. The van der Waals surface area contributed by atoms with Crippen LogP contribution in [0.25, 0.3) is 0 Å². The van der Waals surface area contributed by atoms with E-state index in [1.54, 1.807) is 17.8 Å². The average Bonchev–Trinajstić information content (AvgIpc) is 2.90. The van der Waals surface area contributed by atoms with E-state index < -0.39 is 5.69 Å². The molecule has 2 rings (SSSR count). The van der Waals surface area contributed by atoms with Gasteiger partial charge in [0.05, 0.1) is 19.3 Å². The van der Waals surface area contributed by atoms with E-state index in [0.29, 0.717) is 31.7 Å². The number of rotatable bonds is 7. The number of hydrogen-bond donors (Lipinski definition) is 1. The molecule has 0 unspecified atom stereocenters. The Hall–Kier alpha value is -2.78. The molecule has 2 N–H and O–H groups in total. The van der Waals surface area contributed by atoms with Crippen molar-refractivity contribution in [2.75, 3.05) is 12.3 Å². The summed E-state index contributed by atoms with van der Waals surface area (Å²) in [5.41, 5.74) is 5.41. The van der Waals surface area contributed by atoms with E-state index in [-0.39, 0.29) is 18.5 Å². The van der Waals surface area contributed by atoms with Gasteiger partial charge in [-0.3, -0.25) is 14.0 Å². The summed E-state index contributed by atoms with van der Waals surface area (Å²) in [6.45, 7) is 2.89. The van der Waals surface area contributed by atoms with E-state index >= 15 is 0 Å². The molecule has 2 aromatic rings. The maximum atomic E-state index is 11.6. The van der Waals surface area contributed by atoms with Gasteiger partial charge in [0.2, 0.25) is 5.95 Å². The van der Waals surface area contributed by atoms with E-state index in [9.17, 15) is 9.59 Å². The highest BCUT2D eigenvalue weighted by molar-refractivity contribution is 5.69. The molecule has 2 heterocycles. The molecule has 0 amide bonds. The first-order valence-corrected chi connectivity index (χ1v) is 6.82. The van der Waals surface area contributed by atoms with Gasteiger partial charge in [-0.15, -0.1) is 5.10 Å². The summed E-state index contributed by atoms with van der Waals surface area (Å²) in [7, 11) is 0. The van der Waals surface area contributed by atoms with Crippen molar-refractivity contribution in [3.63, 3.8) is 0 Å². The molecule has 0 spiro atoms. The van der Waals surface area contributed by atoms with E-state index in [1.807, 2.05) is 0 Å². The van der Waals surface area contributed by atoms with E-state index in [1.165, 1.54) is 10.9 Å². The van der Waals surface area contributed by atoms with Crippen LogP contribution in [-0.4, -0.2) is 42.1 Å². The highest BCUT2D eigenvalue weighted by Gasteiger charge is 2.06. The highest BCUT2D eigenvalue weighted by Crippen LogP contribution is 2.00. The standard InChI is InChI=1S/C12H17N7O3/c1-2-22-10(20)4-3-5-19-7-9(16-17-19)6-18-8-14-11(13)15-12(18)21/h7-8H,2-6H2,1H3,(H2,13,15,21). The number of aromatic nitrogens is 6. The maximum Gasteiger partial charge on any atom is 0.352 e. The van der Waals surface area contributed by atoms with Gasteiger partial charge in [0.25, 0.3) is 0 Å². The number of ether oxygens (including phenoxy) is 1. The molecule has 0 radical (unpaired) electrons. The number of nitrogens with two attached hydrogens (primary N) is 1. The summed E-state index contributed by atoms with van der Waals surface area (Å²) in [6.07, 6.45) is 3.94. The zero-order valence-corrected chi connectivity index (χ0v) is 12.2. The second-order valence-electron chi connectivity index (χ2n) is 4.51. The Morgan fingerprint density at radius 2 is 2.27 bits per heavy atom. The molecule has 0 atom stereocenters. The molecule has 2 aromatic heterocycles. The van der Waals surface area contributed by atoms with E-state index in [2.05, 4.69) is 20.3 Å². The summed E-state index contributed by atoms with van der Waals surface area (Å²) >= 11 is 0. The minimum Gasteiger partial charge on any atom is -0.466 e. The summed E-state index contributed by atoms with van der Waals surface area (Å²) in [5.74, 6) is -0.294. The van der Waals surface area contributed by atoms with Gasteiger partial charge >= 0.3 is 11.7 Å². The van der Waals surface area contributed by atoms with Crippen LogP contribution in [0.15, 0.2) is 17.3 Å². The molecule has 0 saturated carbocycles. The minimum absolute atomic E-state index is 0.0659. The number of carbonyl (C=O) groups excluding carboxylic acids is 1. The molecule has 10 nitrogen and oxygen atoms in total. The third kappa shape index (κ3) is 4.36. The van der Waals surface area contributed by atoms with Gasteiger partial charge in [-0.2, -0.15) is 4.98 Å². The molecule has 22 heavy (non-hydrogen) atoms. The molecule has 0 aliphatic heterocycles. The quantitative estimate of drug-likeness (QED) is 0.658. The molecule has 0 saturated heterocycles. The van der Waals surface area contributed by atoms with Crippen LogP contribution in [0.2, 0.25) is 0 Å². The topological polar surface area (TPSA) is 131 Å². The molecular weight excluding hydrogens is 290 g/mol. The Morgan fingerprint density at radius 3 is 3.00 bits per heavy atom. The fraction of sp³-hybridized carbons (Fsp3) is 0.500. The normalized spacial score (nSPS) is 10.6. The van der Waals surface area contributed by atoms with Crippen LogP contribution in [0.1, 0.15) is 25.5 Å². The summed E-state index contributed by atoms with van der Waals surface area (Å²) in [4.78, 5) is 30.1.